The van der Waals surface area contributed by atoms with Crippen molar-refractivity contribution in [2.75, 3.05) is 0 Å². The molecule has 0 aliphatic rings. The predicted octanol–water partition coefficient (Wildman–Crippen LogP) is 11.4. The quantitative estimate of drug-likeness (QED) is 0.180. The largest absolute Gasteiger partial charge is 0.490 e. The zero-order valence-corrected chi connectivity index (χ0v) is 23.4. The fourth-order valence-electron chi connectivity index (χ4n) is 4.36. The predicted molar refractivity (Wildman–Crippen MR) is 135 cm³/mol. The Morgan fingerprint density at radius 1 is 0.574 bits per heavy atom. The van der Waals surface area contributed by atoms with Gasteiger partial charge in [-0.25, -0.2) is 0 Å². The van der Waals surface area contributed by atoms with Gasteiger partial charge in [-0.15, -0.1) is 0 Å². The first-order valence-electron chi connectivity index (χ1n) is 12.7. The van der Waals surface area contributed by atoms with Gasteiger partial charge in [0.05, 0.1) is 6.10 Å². The molecule has 3 rings (SSSR count). The SMILES string of the molecule is C=Cc1cc(C(F)(F)C(F)(F)C(F)(F)C(F)(F)C(F)(F)C(F)(F)C(F)(F)C(F)(F)F)cc(-c2cccc3ccccc23)c1OC(C)C. The second-order valence-electron chi connectivity index (χ2n) is 10.4. The maximum Gasteiger partial charge on any atom is 0.460 e. The number of alkyl halides is 17. The van der Waals surface area contributed by atoms with Crippen LogP contribution in [0.15, 0.2) is 61.2 Å². The van der Waals surface area contributed by atoms with Crippen molar-refractivity contribution < 1.29 is 79.4 Å². The molecule has 0 bridgehead atoms. The van der Waals surface area contributed by atoms with Crippen LogP contribution in [0.3, 0.4) is 0 Å². The van der Waals surface area contributed by atoms with E-state index in [4.69, 9.17) is 4.74 Å². The normalized spacial score (nSPS) is 14.6. The first kappa shape index (κ1) is 37.7. The summed E-state index contributed by atoms with van der Waals surface area (Å²) >= 11 is 0. The average molecular weight is 706 g/mol. The van der Waals surface area contributed by atoms with Crippen molar-refractivity contribution in [3.63, 3.8) is 0 Å². The Morgan fingerprint density at radius 2 is 1.04 bits per heavy atom. The van der Waals surface area contributed by atoms with Crippen molar-refractivity contribution in [2.24, 2.45) is 0 Å². The Kier molecular flexibility index (Phi) is 9.20. The Labute approximate surface area is 253 Å². The molecule has 260 valence electrons. The molecule has 3 aromatic rings. The lowest BCUT2D eigenvalue weighted by Crippen LogP contribution is -2.74. The molecule has 0 fully saturated rings. The standard InChI is InChI=1S/C29H19F17O/c1-4-15-12-17(13-20(21(15)47-14(2)3)19-11-7-9-16-8-5-6-10-18(16)19)22(30,31)23(32,33)24(34,35)25(36,37)26(38,39)27(40,41)28(42,43)29(44,45)46/h4-14H,1H2,2-3H3. The van der Waals surface area contributed by atoms with Gasteiger partial charge in [0.15, 0.2) is 0 Å². The van der Waals surface area contributed by atoms with Gasteiger partial charge < -0.3 is 4.74 Å². The molecule has 0 aliphatic heterocycles. The highest BCUT2D eigenvalue weighted by Crippen LogP contribution is 2.65. The van der Waals surface area contributed by atoms with E-state index >= 15 is 8.78 Å². The summed E-state index contributed by atoms with van der Waals surface area (Å²) in [5.74, 6) is -57.7. The number of halogens is 17. The fraction of sp³-hybridized carbons (Fsp3) is 0.379. The molecule has 1 nitrogen and oxygen atoms in total. The van der Waals surface area contributed by atoms with E-state index in [0.717, 1.165) is 0 Å². The number of rotatable bonds is 11. The lowest BCUT2D eigenvalue weighted by atomic mass is 9.85. The molecule has 0 saturated carbocycles. The molecule has 3 aromatic carbocycles. The van der Waals surface area contributed by atoms with Gasteiger partial charge in [0.2, 0.25) is 0 Å². The zero-order chi connectivity index (χ0) is 36.4. The van der Waals surface area contributed by atoms with Gasteiger partial charge in [-0.1, -0.05) is 55.1 Å². The van der Waals surface area contributed by atoms with Crippen LogP contribution in [-0.2, 0) is 5.92 Å². The summed E-state index contributed by atoms with van der Waals surface area (Å²) in [6.07, 6.45) is -7.97. The smallest absolute Gasteiger partial charge is 0.460 e. The summed E-state index contributed by atoms with van der Waals surface area (Å²) in [7, 11) is 0. The summed E-state index contributed by atoms with van der Waals surface area (Å²) in [6.45, 7) is 6.05. The topological polar surface area (TPSA) is 9.23 Å². The van der Waals surface area contributed by atoms with Crippen LogP contribution in [0.5, 0.6) is 5.75 Å². The number of fused-ring (bicyclic) bond motifs is 1. The first-order valence-corrected chi connectivity index (χ1v) is 12.7. The van der Waals surface area contributed by atoms with Crippen molar-refractivity contribution in [3.8, 4) is 16.9 Å². The van der Waals surface area contributed by atoms with Crippen LogP contribution in [0.1, 0.15) is 25.0 Å². The number of ether oxygens (including phenoxy) is 1. The van der Waals surface area contributed by atoms with Crippen LogP contribution < -0.4 is 4.74 Å². The molecule has 18 heteroatoms. The first-order chi connectivity index (χ1) is 21.1. The number of hydrogen-bond donors (Lipinski definition) is 0. The second-order valence-corrected chi connectivity index (χ2v) is 10.4. The van der Waals surface area contributed by atoms with Gasteiger partial charge in [-0.05, 0) is 42.3 Å². The van der Waals surface area contributed by atoms with Gasteiger partial charge >= 0.3 is 47.6 Å². The summed E-state index contributed by atoms with van der Waals surface area (Å²) in [6, 6.07) is 9.77. The molecule has 0 radical (unpaired) electrons. The minimum atomic E-state index is -8.71. The minimum Gasteiger partial charge on any atom is -0.490 e. The summed E-state index contributed by atoms with van der Waals surface area (Å²) in [5.41, 5.74) is -3.76. The lowest BCUT2D eigenvalue weighted by molar-refractivity contribution is -0.462. The van der Waals surface area contributed by atoms with E-state index in [2.05, 4.69) is 6.58 Å². The molecule has 0 heterocycles. The maximum atomic E-state index is 15.4. The molecule has 0 aliphatic carbocycles. The van der Waals surface area contributed by atoms with Gasteiger partial charge in [0.1, 0.15) is 5.75 Å². The van der Waals surface area contributed by atoms with Gasteiger partial charge in [-0.3, -0.25) is 0 Å². The molecule has 0 saturated heterocycles. The zero-order valence-electron chi connectivity index (χ0n) is 23.4. The van der Waals surface area contributed by atoms with Crippen LogP contribution in [-0.4, -0.2) is 47.8 Å². The van der Waals surface area contributed by atoms with Crippen LogP contribution in [0.2, 0.25) is 0 Å². The van der Waals surface area contributed by atoms with Crippen LogP contribution in [0.4, 0.5) is 74.6 Å². The van der Waals surface area contributed by atoms with Crippen LogP contribution in [0.25, 0.3) is 28.0 Å². The molecule has 0 unspecified atom stereocenters. The van der Waals surface area contributed by atoms with Crippen LogP contribution in [0, 0.1) is 0 Å². The molecule has 0 spiro atoms. The van der Waals surface area contributed by atoms with E-state index in [0.29, 0.717) is 11.5 Å². The number of benzene rings is 3. The van der Waals surface area contributed by atoms with Crippen LogP contribution >= 0.6 is 0 Å². The van der Waals surface area contributed by atoms with Crippen molar-refractivity contribution in [2.45, 2.75) is 67.6 Å². The van der Waals surface area contributed by atoms with Crippen molar-refractivity contribution in [1.29, 1.82) is 0 Å². The van der Waals surface area contributed by atoms with Crippen molar-refractivity contribution in [1.82, 2.24) is 0 Å². The highest BCUT2D eigenvalue weighted by Gasteiger charge is 2.95. The summed E-state index contributed by atoms with van der Waals surface area (Å²) in [5, 5.41) is 0.573. The lowest BCUT2D eigenvalue weighted by Gasteiger charge is -2.43. The van der Waals surface area contributed by atoms with Crippen molar-refractivity contribution in [3.05, 3.63) is 72.3 Å². The molecule has 0 atom stereocenters. The molecular formula is C29H19F17O. The highest BCUT2D eigenvalue weighted by molar-refractivity contribution is 5.98. The molecule has 0 N–H and O–H groups in total. The molecule has 0 amide bonds. The highest BCUT2D eigenvalue weighted by atomic mass is 19.4. The Morgan fingerprint density at radius 3 is 1.53 bits per heavy atom. The summed E-state index contributed by atoms with van der Waals surface area (Å²) < 4.78 is 243. The third-order valence-electron chi connectivity index (χ3n) is 6.86. The monoisotopic (exact) mass is 706 g/mol. The van der Waals surface area contributed by atoms with Gasteiger partial charge in [0, 0.05) is 16.7 Å². The Hall–Kier alpha value is -3.73. The van der Waals surface area contributed by atoms with E-state index in [9.17, 15) is 65.9 Å². The van der Waals surface area contributed by atoms with E-state index in [1.807, 2.05) is 0 Å². The minimum absolute atomic E-state index is 0.0131. The Bertz CT molecular complexity index is 1630. The number of hydrogen-bond acceptors (Lipinski definition) is 1. The molecule has 0 aromatic heterocycles. The van der Waals surface area contributed by atoms with E-state index < -0.39 is 76.2 Å². The molecule has 47 heavy (non-hydrogen) atoms. The summed E-state index contributed by atoms with van der Waals surface area (Å²) in [4.78, 5) is 0. The van der Waals surface area contributed by atoms with Gasteiger partial charge in [-0.2, -0.15) is 74.6 Å². The molecular weight excluding hydrogens is 687 g/mol. The van der Waals surface area contributed by atoms with E-state index in [-0.39, 0.29) is 23.1 Å². The average Bonchev–Trinajstić information content (AvgIpc) is 2.95. The van der Waals surface area contributed by atoms with Crippen molar-refractivity contribution >= 4 is 16.8 Å². The Balaban J connectivity index is 2.33. The fourth-order valence-corrected chi connectivity index (χ4v) is 4.36. The maximum absolute atomic E-state index is 15.4. The van der Waals surface area contributed by atoms with Gasteiger partial charge in [0.25, 0.3) is 0 Å². The second kappa shape index (κ2) is 11.5. The van der Waals surface area contributed by atoms with E-state index in [1.54, 1.807) is 0 Å². The van der Waals surface area contributed by atoms with E-state index in [1.165, 1.54) is 56.3 Å². The third kappa shape index (κ3) is 5.44. The third-order valence-corrected chi connectivity index (χ3v) is 6.86.